The fourth-order valence-corrected chi connectivity index (χ4v) is 1.44. The van der Waals surface area contributed by atoms with Crippen molar-refractivity contribution in [2.24, 2.45) is 5.73 Å². The second-order valence-electron chi connectivity index (χ2n) is 4.39. The minimum atomic E-state index is -0.522. The lowest BCUT2D eigenvalue weighted by Gasteiger charge is -2.13. The molecule has 0 aromatic heterocycles. The molecule has 0 aliphatic heterocycles. The predicted octanol–water partition coefficient (Wildman–Crippen LogP) is 1.64. The molecule has 0 radical (unpaired) electrons. The molecule has 0 unspecified atom stereocenters. The van der Waals surface area contributed by atoms with Gasteiger partial charge in [0.25, 0.3) is 0 Å². The van der Waals surface area contributed by atoms with Crippen molar-refractivity contribution in [1.29, 1.82) is 0 Å². The summed E-state index contributed by atoms with van der Waals surface area (Å²) in [6.07, 6.45) is 0.427. The number of ether oxygens (including phenoxy) is 1. The summed E-state index contributed by atoms with van der Waals surface area (Å²) in [6.45, 7) is 5.23. The molecule has 0 spiro atoms. The van der Waals surface area contributed by atoms with Gasteiger partial charge < -0.3 is 15.6 Å². The van der Waals surface area contributed by atoms with Gasteiger partial charge in [0.05, 0.1) is 12.1 Å². The van der Waals surface area contributed by atoms with E-state index in [0.29, 0.717) is 12.2 Å². The zero-order valence-corrected chi connectivity index (χ0v) is 10.4. The number of hydrogen-bond acceptors (Lipinski definition) is 4. The second-order valence-corrected chi connectivity index (χ2v) is 4.39. The lowest BCUT2D eigenvalue weighted by Crippen LogP contribution is -2.30. The van der Waals surface area contributed by atoms with Gasteiger partial charge in [-0.2, -0.15) is 0 Å². The number of benzene rings is 1. The topological polar surface area (TPSA) is 72.6 Å². The third-order valence-corrected chi connectivity index (χ3v) is 2.36. The first-order valence-corrected chi connectivity index (χ1v) is 5.64. The van der Waals surface area contributed by atoms with Crippen LogP contribution in [0.3, 0.4) is 0 Å². The number of carbonyl (C=O) groups excluding carboxylic acids is 1. The number of phenols is 1. The molecule has 0 bridgehead atoms. The highest BCUT2D eigenvalue weighted by atomic mass is 16.5. The Balaban J connectivity index is 2.78. The van der Waals surface area contributed by atoms with Crippen molar-refractivity contribution in [3.8, 4) is 11.5 Å². The van der Waals surface area contributed by atoms with Crippen LogP contribution in [0.4, 0.5) is 0 Å². The zero-order valence-electron chi connectivity index (χ0n) is 10.4. The van der Waals surface area contributed by atoms with E-state index < -0.39 is 6.04 Å². The van der Waals surface area contributed by atoms with Gasteiger partial charge >= 0.3 is 0 Å². The van der Waals surface area contributed by atoms with Crippen LogP contribution in [0.15, 0.2) is 18.2 Å². The molecular weight excluding hydrogens is 218 g/mol. The SMILES string of the molecule is CC(=O)[C@@H](N)Cc1ccc(OC(C)C)c(O)c1. The fraction of sp³-hybridized carbons (Fsp3) is 0.462. The first-order valence-electron chi connectivity index (χ1n) is 5.64. The minimum Gasteiger partial charge on any atom is -0.504 e. The highest BCUT2D eigenvalue weighted by Gasteiger charge is 2.11. The first-order chi connectivity index (χ1) is 7.90. The molecule has 1 aromatic carbocycles. The van der Waals surface area contributed by atoms with Crippen molar-refractivity contribution in [2.75, 3.05) is 0 Å². The van der Waals surface area contributed by atoms with Crippen LogP contribution in [-0.2, 0) is 11.2 Å². The molecule has 94 valence electrons. The summed E-state index contributed by atoms with van der Waals surface area (Å²) in [5, 5.41) is 9.74. The minimum absolute atomic E-state index is 0.00577. The molecule has 4 nitrogen and oxygen atoms in total. The van der Waals surface area contributed by atoms with Gasteiger partial charge in [-0.3, -0.25) is 4.79 Å². The Kier molecular flexibility index (Phi) is 4.52. The van der Waals surface area contributed by atoms with Gasteiger partial charge in [0.2, 0.25) is 0 Å². The molecule has 0 saturated carbocycles. The van der Waals surface area contributed by atoms with E-state index >= 15 is 0 Å². The van der Waals surface area contributed by atoms with E-state index in [1.54, 1.807) is 18.2 Å². The summed E-state index contributed by atoms with van der Waals surface area (Å²) >= 11 is 0. The molecule has 1 rings (SSSR count). The summed E-state index contributed by atoms with van der Waals surface area (Å²) in [5.41, 5.74) is 6.48. The van der Waals surface area contributed by atoms with Crippen molar-refractivity contribution >= 4 is 5.78 Å². The smallest absolute Gasteiger partial charge is 0.161 e. The molecule has 1 atom stereocenters. The Bertz CT molecular complexity index is 402. The number of aromatic hydroxyl groups is 1. The maximum Gasteiger partial charge on any atom is 0.161 e. The standard InChI is InChI=1S/C13H19NO3/c1-8(2)17-13-5-4-10(7-12(13)16)6-11(14)9(3)15/h4-5,7-8,11,16H,6,14H2,1-3H3/t11-/m0/s1. The average molecular weight is 237 g/mol. The molecule has 0 aliphatic carbocycles. The Labute approximate surface area is 101 Å². The zero-order chi connectivity index (χ0) is 13.0. The van der Waals surface area contributed by atoms with Crippen LogP contribution in [0.25, 0.3) is 0 Å². The largest absolute Gasteiger partial charge is 0.504 e. The van der Waals surface area contributed by atoms with Gasteiger partial charge in [0.1, 0.15) is 5.78 Å². The van der Waals surface area contributed by atoms with Gasteiger partial charge in [0, 0.05) is 0 Å². The van der Waals surface area contributed by atoms with Crippen LogP contribution in [0.2, 0.25) is 0 Å². The Morgan fingerprint density at radius 1 is 1.47 bits per heavy atom. The van der Waals surface area contributed by atoms with Crippen molar-refractivity contribution < 1.29 is 14.6 Å². The van der Waals surface area contributed by atoms with Crippen LogP contribution in [0.1, 0.15) is 26.3 Å². The van der Waals surface area contributed by atoms with Gasteiger partial charge in [-0.15, -0.1) is 0 Å². The molecule has 1 aromatic rings. The van der Waals surface area contributed by atoms with E-state index in [0.717, 1.165) is 5.56 Å². The Morgan fingerprint density at radius 3 is 2.59 bits per heavy atom. The summed E-state index contributed by atoms with van der Waals surface area (Å²) in [6, 6.07) is 4.56. The van der Waals surface area contributed by atoms with Crippen LogP contribution in [-0.4, -0.2) is 23.0 Å². The quantitative estimate of drug-likeness (QED) is 0.816. The van der Waals surface area contributed by atoms with Crippen LogP contribution in [0, 0.1) is 0 Å². The average Bonchev–Trinajstić information content (AvgIpc) is 2.21. The van der Waals surface area contributed by atoms with E-state index in [2.05, 4.69) is 0 Å². The van der Waals surface area contributed by atoms with Gasteiger partial charge in [-0.25, -0.2) is 0 Å². The number of nitrogens with two attached hydrogens (primary N) is 1. The van der Waals surface area contributed by atoms with E-state index in [-0.39, 0.29) is 17.6 Å². The van der Waals surface area contributed by atoms with Crippen LogP contribution < -0.4 is 10.5 Å². The maximum atomic E-state index is 11.0. The van der Waals surface area contributed by atoms with Gasteiger partial charge in [-0.1, -0.05) is 6.07 Å². The molecule has 0 fully saturated rings. The number of Topliss-reactive ketones (excluding diaryl/α,β-unsaturated/α-hetero) is 1. The number of carbonyl (C=O) groups is 1. The molecule has 4 heteroatoms. The monoisotopic (exact) mass is 237 g/mol. The van der Waals surface area contributed by atoms with Crippen molar-refractivity contribution in [3.05, 3.63) is 23.8 Å². The lowest BCUT2D eigenvalue weighted by molar-refractivity contribution is -0.118. The molecule has 0 aliphatic rings. The van der Waals surface area contributed by atoms with Crippen molar-refractivity contribution in [1.82, 2.24) is 0 Å². The maximum absolute atomic E-state index is 11.0. The lowest BCUT2D eigenvalue weighted by atomic mass is 10.0. The van der Waals surface area contributed by atoms with E-state index in [1.807, 2.05) is 13.8 Å². The summed E-state index contributed by atoms with van der Waals surface area (Å²) in [4.78, 5) is 11.0. The third-order valence-electron chi connectivity index (χ3n) is 2.36. The second kappa shape index (κ2) is 5.68. The highest BCUT2D eigenvalue weighted by Crippen LogP contribution is 2.28. The number of ketones is 1. The Hall–Kier alpha value is -1.55. The number of phenolic OH excluding ortho intramolecular Hbond substituents is 1. The molecule has 0 saturated heterocycles. The predicted molar refractivity (Wildman–Crippen MR) is 66.2 cm³/mol. The third kappa shape index (κ3) is 4.07. The van der Waals surface area contributed by atoms with Crippen LogP contribution >= 0.6 is 0 Å². The summed E-state index contributed by atoms with van der Waals surface area (Å²) in [7, 11) is 0. The van der Waals surface area contributed by atoms with E-state index in [4.69, 9.17) is 10.5 Å². The normalized spacial score (nSPS) is 12.5. The molecular formula is C13H19NO3. The first kappa shape index (κ1) is 13.5. The van der Waals surface area contributed by atoms with Crippen molar-refractivity contribution in [2.45, 2.75) is 39.3 Å². The molecule has 3 N–H and O–H groups in total. The number of hydrogen-bond donors (Lipinski definition) is 2. The van der Waals surface area contributed by atoms with Crippen molar-refractivity contribution in [3.63, 3.8) is 0 Å². The van der Waals surface area contributed by atoms with Crippen LogP contribution in [0.5, 0.6) is 11.5 Å². The molecule has 0 amide bonds. The summed E-state index contributed by atoms with van der Waals surface area (Å²) in [5.74, 6) is 0.457. The van der Waals surface area contributed by atoms with E-state index in [1.165, 1.54) is 6.92 Å². The number of rotatable bonds is 5. The fourth-order valence-electron chi connectivity index (χ4n) is 1.44. The molecule has 0 heterocycles. The van der Waals surface area contributed by atoms with Gasteiger partial charge in [0.15, 0.2) is 11.5 Å². The Morgan fingerprint density at radius 2 is 2.12 bits per heavy atom. The highest BCUT2D eigenvalue weighted by molar-refractivity contribution is 5.81. The summed E-state index contributed by atoms with van der Waals surface area (Å²) < 4.78 is 5.40. The van der Waals surface area contributed by atoms with Gasteiger partial charge in [-0.05, 0) is 44.9 Å². The van der Waals surface area contributed by atoms with E-state index in [9.17, 15) is 9.90 Å². The molecule has 17 heavy (non-hydrogen) atoms.